The van der Waals surface area contributed by atoms with Crippen LogP contribution >= 0.6 is 0 Å². The predicted molar refractivity (Wildman–Crippen MR) is 224 cm³/mol. The van der Waals surface area contributed by atoms with Gasteiger partial charge in [-0.1, -0.05) is 109 Å². The van der Waals surface area contributed by atoms with Crippen LogP contribution in [0.4, 0.5) is 0 Å². The predicted octanol–water partition coefficient (Wildman–Crippen LogP) is 12.4. The van der Waals surface area contributed by atoms with Crippen LogP contribution in [0.2, 0.25) is 0 Å². The van der Waals surface area contributed by atoms with E-state index < -0.39 is 0 Å². The summed E-state index contributed by atoms with van der Waals surface area (Å²) >= 11 is 0. The van der Waals surface area contributed by atoms with E-state index in [9.17, 15) is 10.5 Å². The van der Waals surface area contributed by atoms with Gasteiger partial charge in [0, 0.05) is 49.3 Å². The summed E-state index contributed by atoms with van der Waals surface area (Å²) in [5, 5.41) is 27.4. The van der Waals surface area contributed by atoms with Crippen LogP contribution in [0.25, 0.3) is 93.6 Å². The number of hydrogen-bond acceptors (Lipinski definition) is 2. The Morgan fingerprint density at radius 3 is 1.45 bits per heavy atom. The van der Waals surface area contributed by atoms with Gasteiger partial charge in [0.05, 0.1) is 56.0 Å². The van der Waals surface area contributed by atoms with Crippen molar-refractivity contribution in [3.63, 3.8) is 0 Å². The molecule has 0 spiro atoms. The summed E-state index contributed by atoms with van der Waals surface area (Å²) in [6, 6.07) is 65.9. The lowest BCUT2D eigenvalue weighted by atomic mass is 9.99. The van der Waals surface area contributed by atoms with Crippen LogP contribution in [0.3, 0.4) is 0 Å². The van der Waals surface area contributed by atoms with E-state index in [1.807, 2.05) is 36.4 Å². The molecule has 3 aromatic heterocycles. The number of nitriles is 2. The molecular weight excluding hydrogens is 671 g/mol. The van der Waals surface area contributed by atoms with Crippen molar-refractivity contribution in [1.29, 1.82) is 10.5 Å². The summed E-state index contributed by atoms with van der Waals surface area (Å²) in [6.07, 6.45) is 0. The Labute approximate surface area is 316 Å². The second-order valence-electron chi connectivity index (χ2n) is 13.9. The van der Waals surface area contributed by atoms with Crippen molar-refractivity contribution in [2.45, 2.75) is 0 Å². The minimum atomic E-state index is 0.595. The van der Waals surface area contributed by atoms with E-state index in [4.69, 9.17) is 0 Å². The molecule has 0 saturated heterocycles. The Bertz CT molecular complexity index is 3400. The molecule has 0 aliphatic carbocycles. The molecule has 0 N–H and O–H groups in total. The molecule has 0 saturated carbocycles. The molecule has 0 radical (unpaired) electrons. The van der Waals surface area contributed by atoms with E-state index in [1.54, 1.807) is 0 Å². The fraction of sp³-hybridized carbons (Fsp3) is 0. The van der Waals surface area contributed by atoms with Crippen molar-refractivity contribution in [2.75, 3.05) is 0 Å². The number of fused-ring (bicyclic) bond motifs is 9. The molecule has 0 aliphatic rings. The van der Waals surface area contributed by atoms with Gasteiger partial charge < -0.3 is 13.7 Å². The minimum absolute atomic E-state index is 0.595. The number of nitrogens with zero attached hydrogens (tertiary/aromatic N) is 5. The first-order chi connectivity index (χ1) is 27.2. The average molecular weight is 700 g/mol. The summed E-state index contributed by atoms with van der Waals surface area (Å²) in [4.78, 5) is 0. The molecule has 0 aliphatic heterocycles. The Balaban J connectivity index is 1.14. The van der Waals surface area contributed by atoms with Crippen LogP contribution in [0.1, 0.15) is 11.1 Å². The topological polar surface area (TPSA) is 62.4 Å². The number of rotatable bonds is 4. The minimum Gasteiger partial charge on any atom is -0.309 e. The molecule has 0 atom stereocenters. The molecule has 0 amide bonds. The first-order valence-corrected chi connectivity index (χ1v) is 18.3. The van der Waals surface area contributed by atoms with E-state index in [0.717, 1.165) is 82.8 Å². The lowest BCUT2D eigenvalue weighted by molar-refractivity contribution is 1.15. The van der Waals surface area contributed by atoms with Gasteiger partial charge in [-0.2, -0.15) is 10.5 Å². The molecule has 0 fully saturated rings. The Kier molecular flexibility index (Phi) is 6.61. The van der Waals surface area contributed by atoms with E-state index in [2.05, 4.69) is 165 Å². The van der Waals surface area contributed by atoms with E-state index >= 15 is 0 Å². The molecule has 11 aromatic rings. The summed E-state index contributed by atoms with van der Waals surface area (Å²) in [5.74, 6) is 0. The smallest absolute Gasteiger partial charge is 0.101 e. The highest BCUT2D eigenvalue weighted by molar-refractivity contribution is 6.13. The van der Waals surface area contributed by atoms with Crippen molar-refractivity contribution < 1.29 is 0 Å². The van der Waals surface area contributed by atoms with Crippen LogP contribution in [-0.4, -0.2) is 13.7 Å². The van der Waals surface area contributed by atoms with E-state index in [-0.39, 0.29) is 0 Å². The van der Waals surface area contributed by atoms with Gasteiger partial charge in [0.25, 0.3) is 0 Å². The second kappa shape index (κ2) is 11.8. The number of benzene rings is 8. The molecule has 11 rings (SSSR count). The van der Waals surface area contributed by atoms with Gasteiger partial charge in [0.1, 0.15) is 6.07 Å². The Hall–Kier alpha value is -7.86. The standard InChI is InChI=1S/C50H29N5/c51-30-33-11-10-22-47-49(33)42-16-4-8-21-46(42)53(47)35-25-23-32(24-26-35)37-17-9-12-34(31-52)50(37)55-45-20-7-3-15-40(45)41-28-27-36(29-48(41)55)54-43-18-5-1-13-38(43)39-14-2-6-19-44(39)54/h1-29H. The monoisotopic (exact) mass is 699 g/mol. The van der Waals surface area contributed by atoms with E-state index in [0.29, 0.717) is 11.1 Å². The van der Waals surface area contributed by atoms with Crippen molar-refractivity contribution in [2.24, 2.45) is 0 Å². The van der Waals surface area contributed by atoms with Gasteiger partial charge in [-0.05, 0) is 72.3 Å². The van der Waals surface area contributed by atoms with Gasteiger partial charge in [-0.15, -0.1) is 0 Å². The van der Waals surface area contributed by atoms with Crippen molar-refractivity contribution in [1.82, 2.24) is 13.7 Å². The van der Waals surface area contributed by atoms with Crippen molar-refractivity contribution in [3.8, 4) is 40.3 Å². The maximum atomic E-state index is 10.7. The van der Waals surface area contributed by atoms with Crippen LogP contribution in [0.5, 0.6) is 0 Å². The quantitative estimate of drug-likeness (QED) is 0.184. The maximum absolute atomic E-state index is 10.7. The first-order valence-electron chi connectivity index (χ1n) is 18.3. The van der Waals surface area contributed by atoms with Gasteiger partial charge in [0.15, 0.2) is 0 Å². The SMILES string of the molecule is N#Cc1cccc(-c2ccc(-n3c4ccccc4c4c(C#N)cccc43)cc2)c1-n1c2ccccc2c2ccc(-n3c4ccccc4c4ccccc43)cc21. The molecule has 5 heteroatoms. The summed E-state index contributed by atoms with van der Waals surface area (Å²) in [5.41, 5.74) is 12.5. The third-order valence-corrected chi connectivity index (χ3v) is 11.1. The third-order valence-electron chi connectivity index (χ3n) is 11.1. The molecule has 5 nitrogen and oxygen atoms in total. The van der Waals surface area contributed by atoms with Gasteiger partial charge in [0.2, 0.25) is 0 Å². The molecule has 254 valence electrons. The van der Waals surface area contributed by atoms with Gasteiger partial charge in [-0.3, -0.25) is 0 Å². The molecular formula is C50H29N5. The lowest BCUT2D eigenvalue weighted by Crippen LogP contribution is -2.02. The zero-order valence-corrected chi connectivity index (χ0v) is 29.5. The number of para-hydroxylation sites is 5. The maximum Gasteiger partial charge on any atom is 0.101 e. The summed E-state index contributed by atoms with van der Waals surface area (Å²) < 4.78 is 6.85. The Morgan fingerprint density at radius 2 is 0.818 bits per heavy atom. The molecule has 0 unspecified atom stereocenters. The highest BCUT2D eigenvalue weighted by Crippen LogP contribution is 2.41. The fourth-order valence-corrected chi connectivity index (χ4v) is 8.83. The third kappa shape index (κ3) is 4.39. The normalized spacial score (nSPS) is 11.6. The van der Waals surface area contributed by atoms with Crippen LogP contribution in [0.15, 0.2) is 176 Å². The number of aromatic nitrogens is 3. The van der Waals surface area contributed by atoms with Gasteiger partial charge in [-0.25, -0.2) is 0 Å². The summed E-state index contributed by atoms with van der Waals surface area (Å²) in [7, 11) is 0. The zero-order valence-electron chi connectivity index (χ0n) is 29.5. The van der Waals surface area contributed by atoms with E-state index in [1.165, 1.54) is 10.8 Å². The van der Waals surface area contributed by atoms with Crippen LogP contribution in [-0.2, 0) is 0 Å². The van der Waals surface area contributed by atoms with Gasteiger partial charge >= 0.3 is 0 Å². The highest BCUT2D eigenvalue weighted by Gasteiger charge is 2.21. The highest BCUT2D eigenvalue weighted by atomic mass is 15.0. The second-order valence-corrected chi connectivity index (χ2v) is 13.9. The van der Waals surface area contributed by atoms with Crippen LogP contribution < -0.4 is 0 Å². The van der Waals surface area contributed by atoms with Crippen LogP contribution in [0, 0.1) is 22.7 Å². The zero-order chi connectivity index (χ0) is 36.6. The van der Waals surface area contributed by atoms with Crippen molar-refractivity contribution in [3.05, 3.63) is 187 Å². The summed E-state index contributed by atoms with van der Waals surface area (Å²) in [6.45, 7) is 0. The number of hydrogen-bond donors (Lipinski definition) is 0. The largest absolute Gasteiger partial charge is 0.309 e. The molecule has 3 heterocycles. The lowest BCUT2D eigenvalue weighted by Gasteiger charge is -2.17. The molecule has 0 bridgehead atoms. The molecule has 55 heavy (non-hydrogen) atoms. The first kappa shape index (κ1) is 30.7. The average Bonchev–Trinajstić information content (AvgIpc) is 3.89. The van der Waals surface area contributed by atoms with Crippen molar-refractivity contribution >= 4 is 65.4 Å². The Morgan fingerprint density at radius 1 is 0.345 bits per heavy atom. The fourth-order valence-electron chi connectivity index (χ4n) is 8.83. The molecule has 8 aromatic carbocycles.